The maximum Gasteiger partial charge on any atom is 0.319 e. The van der Waals surface area contributed by atoms with Crippen molar-refractivity contribution >= 4 is 34.4 Å². The Hall–Kier alpha value is -3.42. The van der Waals surface area contributed by atoms with Crippen LogP contribution in [0.2, 0.25) is 0 Å². The maximum atomic E-state index is 13.4. The highest BCUT2D eigenvalue weighted by Gasteiger charge is 2.23. The molecule has 0 unspecified atom stereocenters. The number of ketones is 1. The number of aromatic nitrogens is 3. The van der Waals surface area contributed by atoms with Crippen LogP contribution in [0.15, 0.2) is 30.7 Å². The molecular formula is C21H26N6O2. The molecule has 3 aromatic rings. The summed E-state index contributed by atoms with van der Waals surface area (Å²) in [4.78, 5) is 33.9. The van der Waals surface area contributed by atoms with Gasteiger partial charge in [-0.1, -0.05) is 12.1 Å². The maximum absolute atomic E-state index is 13.4. The standard InChI is InChI=1S/C21H26N6O2/c1-11(2)25-21(29)26-16-8-6-7-14(13(16)5)18(28)15-9-27(12(3)4)20-17(15)19(22)23-10-24-20/h6-12H,1-5H3,(H2,22,23,24)(H2,25,26,29). The first kappa shape index (κ1) is 20.3. The highest BCUT2D eigenvalue weighted by Crippen LogP contribution is 2.30. The van der Waals surface area contributed by atoms with Crippen molar-refractivity contribution in [3.63, 3.8) is 0 Å². The molecule has 8 nitrogen and oxygen atoms in total. The van der Waals surface area contributed by atoms with E-state index in [1.54, 1.807) is 31.3 Å². The number of nitrogens with one attached hydrogen (secondary N) is 2. The molecule has 0 saturated carbocycles. The van der Waals surface area contributed by atoms with Gasteiger partial charge in [-0.15, -0.1) is 0 Å². The predicted octanol–water partition coefficient (Wildman–Crippen LogP) is 3.66. The topological polar surface area (TPSA) is 115 Å². The Bertz CT molecular complexity index is 1080. The lowest BCUT2D eigenvalue weighted by atomic mass is 9.98. The Balaban J connectivity index is 2.06. The molecule has 0 bridgehead atoms. The minimum Gasteiger partial charge on any atom is -0.383 e. The summed E-state index contributed by atoms with van der Waals surface area (Å²) in [7, 11) is 0. The van der Waals surface area contributed by atoms with Crippen LogP contribution in [-0.2, 0) is 0 Å². The first-order valence-electron chi connectivity index (χ1n) is 9.53. The quantitative estimate of drug-likeness (QED) is 0.571. The van der Waals surface area contributed by atoms with Crippen molar-refractivity contribution in [1.29, 1.82) is 0 Å². The van der Waals surface area contributed by atoms with Crippen LogP contribution in [0.4, 0.5) is 16.3 Å². The summed E-state index contributed by atoms with van der Waals surface area (Å²) < 4.78 is 1.91. The van der Waals surface area contributed by atoms with E-state index < -0.39 is 0 Å². The van der Waals surface area contributed by atoms with Gasteiger partial charge >= 0.3 is 6.03 Å². The van der Waals surface area contributed by atoms with Gasteiger partial charge < -0.3 is 20.9 Å². The van der Waals surface area contributed by atoms with E-state index in [1.165, 1.54) is 6.33 Å². The van der Waals surface area contributed by atoms with Gasteiger partial charge in [0.15, 0.2) is 5.78 Å². The van der Waals surface area contributed by atoms with E-state index in [9.17, 15) is 9.59 Å². The molecule has 0 atom stereocenters. The molecule has 3 rings (SSSR count). The normalized spacial score (nSPS) is 11.3. The Morgan fingerprint density at radius 3 is 2.48 bits per heavy atom. The molecule has 0 saturated heterocycles. The monoisotopic (exact) mass is 394 g/mol. The van der Waals surface area contributed by atoms with Crippen LogP contribution >= 0.6 is 0 Å². The highest BCUT2D eigenvalue weighted by atomic mass is 16.2. The second kappa shape index (κ2) is 7.90. The van der Waals surface area contributed by atoms with E-state index in [0.29, 0.717) is 33.4 Å². The lowest BCUT2D eigenvalue weighted by Crippen LogP contribution is -2.34. The molecular weight excluding hydrogens is 368 g/mol. The van der Waals surface area contributed by atoms with E-state index in [4.69, 9.17) is 5.73 Å². The first-order chi connectivity index (χ1) is 13.7. The van der Waals surface area contributed by atoms with Crippen molar-refractivity contribution in [3.8, 4) is 0 Å². The zero-order valence-electron chi connectivity index (χ0n) is 17.3. The molecule has 2 amide bonds. The molecule has 2 aromatic heterocycles. The zero-order chi connectivity index (χ0) is 21.3. The Kier molecular flexibility index (Phi) is 5.54. The number of anilines is 2. The molecule has 0 radical (unpaired) electrons. The van der Waals surface area contributed by atoms with E-state index in [-0.39, 0.29) is 29.7 Å². The zero-order valence-corrected chi connectivity index (χ0v) is 17.3. The lowest BCUT2D eigenvalue weighted by molar-refractivity contribution is 0.103. The van der Waals surface area contributed by atoms with Gasteiger partial charge in [0.1, 0.15) is 17.8 Å². The largest absolute Gasteiger partial charge is 0.383 e. The Labute approximate surface area is 169 Å². The number of amides is 2. The van der Waals surface area contributed by atoms with Crippen LogP contribution in [0.3, 0.4) is 0 Å². The number of benzene rings is 1. The molecule has 0 aliphatic heterocycles. The number of fused-ring (bicyclic) bond motifs is 1. The number of nitrogens with zero attached hydrogens (tertiary/aromatic N) is 3. The van der Waals surface area contributed by atoms with E-state index in [2.05, 4.69) is 20.6 Å². The first-order valence-corrected chi connectivity index (χ1v) is 9.53. The number of hydrogen-bond acceptors (Lipinski definition) is 5. The van der Waals surface area contributed by atoms with E-state index in [0.717, 1.165) is 0 Å². The number of carbonyl (C=O) groups is 2. The molecule has 8 heteroatoms. The second-order valence-electron chi connectivity index (χ2n) is 7.56. The van der Waals surface area contributed by atoms with Gasteiger partial charge in [-0.05, 0) is 46.2 Å². The van der Waals surface area contributed by atoms with Crippen LogP contribution in [0.1, 0.15) is 55.2 Å². The van der Waals surface area contributed by atoms with Crippen LogP contribution in [-0.4, -0.2) is 32.4 Å². The minimum atomic E-state index is -0.318. The predicted molar refractivity (Wildman–Crippen MR) is 114 cm³/mol. The number of nitrogens with two attached hydrogens (primary N) is 1. The van der Waals surface area contributed by atoms with Crippen molar-refractivity contribution in [1.82, 2.24) is 19.9 Å². The van der Waals surface area contributed by atoms with Gasteiger partial charge in [-0.2, -0.15) is 0 Å². The summed E-state index contributed by atoms with van der Waals surface area (Å²) in [5.41, 5.74) is 8.89. The van der Waals surface area contributed by atoms with Crippen LogP contribution in [0.25, 0.3) is 11.0 Å². The molecule has 0 aliphatic carbocycles. The van der Waals surface area contributed by atoms with E-state index >= 15 is 0 Å². The van der Waals surface area contributed by atoms with Gasteiger partial charge in [-0.3, -0.25) is 4.79 Å². The van der Waals surface area contributed by atoms with Crippen molar-refractivity contribution < 1.29 is 9.59 Å². The molecule has 1 aromatic carbocycles. The van der Waals surface area contributed by atoms with Crippen molar-refractivity contribution in [2.75, 3.05) is 11.1 Å². The molecule has 29 heavy (non-hydrogen) atoms. The third-order valence-electron chi connectivity index (χ3n) is 4.69. The van der Waals surface area contributed by atoms with Gasteiger partial charge in [0.25, 0.3) is 0 Å². The average molecular weight is 394 g/mol. The lowest BCUT2D eigenvalue weighted by Gasteiger charge is -2.14. The molecule has 2 heterocycles. The number of rotatable bonds is 5. The molecule has 4 N–H and O–H groups in total. The summed E-state index contributed by atoms with van der Waals surface area (Å²) in [6, 6.07) is 5.03. The Morgan fingerprint density at radius 1 is 1.10 bits per heavy atom. The number of nitrogen functional groups attached to an aromatic ring is 1. The number of hydrogen-bond donors (Lipinski definition) is 3. The Morgan fingerprint density at radius 2 is 1.83 bits per heavy atom. The summed E-state index contributed by atoms with van der Waals surface area (Å²) in [5.74, 6) is 0.0716. The summed E-state index contributed by atoms with van der Waals surface area (Å²) in [6.45, 7) is 9.58. The molecule has 0 spiro atoms. The smallest absolute Gasteiger partial charge is 0.319 e. The van der Waals surface area contributed by atoms with Crippen LogP contribution in [0, 0.1) is 6.92 Å². The summed E-state index contributed by atoms with van der Waals surface area (Å²) in [6.07, 6.45) is 3.17. The third kappa shape index (κ3) is 3.91. The van der Waals surface area contributed by atoms with Gasteiger partial charge in [0.2, 0.25) is 0 Å². The highest BCUT2D eigenvalue weighted by molar-refractivity contribution is 6.19. The number of urea groups is 1. The summed E-state index contributed by atoms with van der Waals surface area (Å²) >= 11 is 0. The molecule has 0 fully saturated rings. The SMILES string of the molecule is Cc1c(NC(=O)NC(C)C)cccc1C(=O)c1cn(C(C)C)c2ncnc(N)c12. The average Bonchev–Trinajstić information content (AvgIpc) is 3.03. The van der Waals surface area contributed by atoms with E-state index in [1.807, 2.05) is 32.3 Å². The van der Waals surface area contributed by atoms with Crippen molar-refractivity contribution in [2.45, 2.75) is 46.7 Å². The number of carbonyl (C=O) groups excluding carboxylic acids is 2. The fourth-order valence-corrected chi connectivity index (χ4v) is 3.26. The summed E-state index contributed by atoms with van der Waals surface area (Å²) in [5, 5.41) is 6.12. The minimum absolute atomic E-state index is 0.00487. The van der Waals surface area contributed by atoms with Crippen LogP contribution < -0.4 is 16.4 Å². The third-order valence-corrected chi connectivity index (χ3v) is 4.69. The van der Waals surface area contributed by atoms with Crippen LogP contribution in [0.5, 0.6) is 0 Å². The molecule has 0 aliphatic rings. The molecule has 152 valence electrons. The van der Waals surface area contributed by atoms with Crippen molar-refractivity contribution in [2.24, 2.45) is 0 Å². The van der Waals surface area contributed by atoms with Gasteiger partial charge in [-0.25, -0.2) is 14.8 Å². The fraction of sp³-hybridized carbons (Fsp3) is 0.333. The van der Waals surface area contributed by atoms with Crippen molar-refractivity contribution in [3.05, 3.63) is 47.4 Å². The van der Waals surface area contributed by atoms with Gasteiger partial charge in [0.05, 0.1) is 10.9 Å². The fourth-order valence-electron chi connectivity index (χ4n) is 3.26. The second-order valence-corrected chi connectivity index (χ2v) is 7.56. The van der Waals surface area contributed by atoms with Gasteiger partial charge in [0, 0.05) is 29.5 Å².